The molecular weight excluding hydrogens is 300 g/mol. The first-order valence-corrected chi connectivity index (χ1v) is 7.94. The van der Waals surface area contributed by atoms with Crippen LogP contribution in [0.1, 0.15) is 15.9 Å². The number of benzene rings is 2. The predicted molar refractivity (Wildman–Crippen MR) is 95.4 cm³/mol. The lowest BCUT2D eigenvalue weighted by molar-refractivity contribution is 0.0775. The molecule has 0 spiro atoms. The molecule has 0 atom stereocenters. The summed E-state index contributed by atoms with van der Waals surface area (Å²) in [4.78, 5) is 18.7. The molecule has 2 aromatic carbocycles. The molecule has 1 amide bonds. The highest BCUT2D eigenvalue weighted by molar-refractivity contribution is 6.05. The van der Waals surface area contributed by atoms with Crippen LogP contribution in [0.15, 0.2) is 60.8 Å². The van der Waals surface area contributed by atoms with E-state index in [0.29, 0.717) is 18.7 Å². The number of hydrogen-bond donors (Lipinski definition) is 0. The Morgan fingerprint density at radius 1 is 1.08 bits per heavy atom. The maximum absolute atomic E-state index is 12.7. The minimum atomic E-state index is -0.0484. The van der Waals surface area contributed by atoms with Crippen molar-refractivity contribution in [1.82, 2.24) is 9.88 Å². The zero-order valence-electron chi connectivity index (χ0n) is 13.9. The topological polar surface area (TPSA) is 42.4 Å². The molecule has 0 saturated heterocycles. The van der Waals surface area contributed by atoms with Gasteiger partial charge in [0.2, 0.25) is 0 Å². The summed E-state index contributed by atoms with van der Waals surface area (Å²) >= 11 is 0. The summed E-state index contributed by atoms with van der Waals surface area (Å²) in [5.74, 6) is 0.804. The van der Waals surface area contributed by atoms with Crippen LogP contribution < -0.4 is 4.74 Å². The number of carbonyl (C=O) groups is 1. The number of likely N-dealkylation sites (N-methyl/N-ethyl adjacent to an activating group) is 1. The van der Waals surface area contributed by atoms with Crippen LogP contribution >= 0.6 is 0 Å². The number of fused-ring (bicyclic) bond motifs is 1. The average molecular weight is 320 g/mol. The monoisotopic (exact) mass is 320 g/mol. The van der Waals surface area contributed by atoms with E-state index in [2.05, 4.69) is 4.98 Å². The lowest BCUT2D eigenvalue weighted by atomic mass is 10.1. The molecule has 24 heavy (non-hydrogen) atoms. The molecule has 122 valence electrons. The summed E-state index contributed by atoms with van der Waals surface area (Å²) in [5.41, 5.74) is 2.44. The Kier molecular flexibility index (Phi) is 4.75. The van der Waals surface area contributed by atoms with Crippen LogP contribution in [0.3, 0.4) is 0 Å². The summed E-state index contributed by atoms with van der Waals surface area (Å²) in [5, 5.41) is 0.966. The van der Waals surface area contributed by atoms with Gasteiger partial charge in [0, 0.05) is 18.6 Å². The number of para-hydroxylation sites is 2. The third kappa shape index (κ3) is 3.38. The van der Waals surface area contributed by atoms with Crippen LogP contribution in [0.25, 0.3) is 10.9 Å². The standard InChI is InChI=1S/C20H20N2O2/c1-15-7-3-4-11-18(15)24-14-13-22(2)20(23)17-10-5-8-16-9-6-12-21-19(16)17/h3-12H,13-14H2,1-2H3. The summed E-state index contributed by atoms with van der Waals surface area (Å²) in [6.45, 7) is 2.97. The van der Waals surface area contributed by atoms with E-state index in [9.17, 15) is 4.79 Å². The summed E-state index contributed by atoms with van der Waals surface area (Å²) < 4.78 is 5.77. The fraction of sp³-hybridized carbons (Fsp3) is 0.200. The fourth-order valence-corrected chi connectivity index (χ4v) is 2.59. The predicted octanol–water partition coefficient (Wildman–Crippen LogP) is 3.69. The molecule has 0 saturated carbocycles. The molecule has 1 heterocycles. The number of pyridine rings is 1. The molecule has 0 fully saturated rings. The highest BCUT2D eigenvalue weighted by Gasteiger charge is 2.15. The van der Waals surface area contributed by atoms with E-state index in [4.69, 9.17) is 4.74 Å². The zero-order chi connectivity index (χ0) is 16.9. The number of aromatic nitrogens is 1. The van der Waals surface area contributed by atoms with Gasteiger partial charge in [-0.2, -0.15) is 0 Å². The van der Waals surface area contributed by atoms with E-state index in [1.807, 2.05) is 61.5 Å². The van der Waals surface area contributed by atoms with Crippen molar-refractivity contribution in [3.8, 4) is 5.75 Å². The largest absolute Gasteiger partial charge is 0.491 e. The van der Waals surface area contributed by atoms with Gasteiger partial charge in [-0.05, 0) is 30.7 Å². The molecule has 0 bridgehead atoms. The van der Waals surface area contributed by atoms with Gasteiger partial charge in [0.05, 0.1) is 17.6 Å². The van der Waals surface area contributed by atoms with Gasteiger partial charge in [0.1, 0.15) is 12.4 Å². The number of ether oxygens (including phenoxy) is 1. The van der Waals surface area contributed by atoms with Crippen molar-refractivity contribution in [3.63, 3.8) is 0 Å². The van der Waals surface area contributed by atoms with E-state index < -0.39 is 0 Å². The van der Waals surface area contributed by atoms with E-state index in [-0.39, 0.29) is 5.91 Å². The number of carbonyl (C=O) groups excluding carboxylic acids is 1. The minimum Gasteiger partial charge on any atom is -0.491 e. The van der Waals surface area contributed by atoms with E-state index in [1.54, 1.807) is 18.1 Å². The molecule has 3 aromatic rings. The zero-order valence-corrected chi connectivity index (χ0v) is 13.9. The molecule has 3 rings (SSSR count). The molecule has 1 aromatic heterocycles. The van der Waals surface area contributed by atoms with Crippen molar-refractivity contribution >= 4 is 16.8 Å². The first-order valence-electron chi connectivity index (χ1n) is 7.94. The third-order valence-corrected chi connectivity index (χ3v) is 3.99. The average Bonchev–Trinajstić information content (AvgIpc) is 2.62. The van der Waals surface area contributed by atoms with Crippen LogP contribution in [0.4, 0.5) is 0 Å². The van der Waals surface area contributed by atoms with Crippen LogP contribution in [-0.4, -0.2) is 36.0 Å². The molecule has 0 aliphatic rings. The Balaban J connectivity index is 1.67. The number of amides is 1. The van der Waals surface area contributed by atoms with E-state index >= 15 is 0 Å². The van der Waals surface area contributed by atoms with E-state index in [0.717, 1.165) is 22.2 Å². The van der Waals surface area contributed by atoms with E-state index in [1.165, 1.54) is 0 Å². The SMILES string of the molecule is Cc1ccccc1OCCN(C)C(=O)c1cccc2cccnc12. The molecule has 0 aliphatic heterocycles. The van der Waals surface area contributed by atoms with Gasteiger partial charge in [-0.15, -0.1) is 0 Å². The molecule has 0 unspecified atom stereocenters. The first-order chi connectivity index (χ1) is 11.7. The Hall–Kier alpha value is -2.88. The maximum atomic E-state index is 12.7. The smallest absolute Gasteiger partial charge is 0.255 e. The normalized spacial score (nSPS) is 10.6. The van der Waals surface area contributed by atoms with Gasteiger partial charge < -0.3 is 9.64 Å². The quantitative estimate of drug-likeness (QED) is 0.720. The van der Waals surface area contributed by atoms with Crippen LogP contribution in [-0.2, 0) is 0 Å². The summed E-state index contributed by atoms with van der Waals surface area (Å²) in [6, 6.07) is 17.4. The second-order valence-corrected chi connectivity index (χ2v) is 5.72. The number of hydrogen-bond acceptors (Lipinski definition) is 3. The highest BCUT2D eigenvalue weighted by Crippen LogP contribution is 2.18. The Bertz CT molecular complexity index is 856. The second kappa shape index (κ2) is 7.13. The molecule has 0 aliphatic carbocycles. The number of rotatable bonds is 5. The van der Waals surface area contributed by atoms with Crippen LogP contribution in [0.2, 0.25) is 0 Å². The molecule has 0 radical (unpaired) electrons. The van der Waals surface area contributed by atoms with Crippen LogP contribution in [0.5, 0.6) is 5.75 Å². The van der Waals surface area contributed by atoms with Crippen molar-refractivity contribution in [3.05, 3.63) is 71.9 Å². The van der Waals surface area contributed by atoms with Crippen molar-refractivity contribution in [2.75, 3.05) is 20.2 Å². The van der Waals surface area contributed by atoms with Crippen molar-refractivity contribution in [1.29, 1.82) is 0 Å². The lowest BCUT2D eigenvalue weighted by Gasteiger charge is -2.18. The molecular formula is C20H20N2O2. The summed E-state index contributed by atoms with van der Waals surface area (Å²) in [7, 11) is 1.78. The Morgan fingerprint density at radius 3 is 2.71 bits per heavy atom. The second-order valence-electron chi connectivity index (χ2n) is 5.72. The van der Waals surface area contributed by atoms with Crippen molar-refractivity contribution < 1.29 is 9.53 Å². The van der Waals surface area contributed by atoms with Crippen molar-refractivity contribution in [2.24, 2.45) is 0 Å². The van der Waals surface area contributed by atoms with Gasteiger partial charge in [0.15, 0.2) is 0 Å². The maximum Gasteiger partial charge on any atom is 0.255 e. The Labute approximate surface area is 141 Å². The molecule has 4 nitrogen and oxygen atoms in total. The van der Waals surface area contributed by atoms with Gasteiger partial charge in [0.25, 0.3) is 5.91 Å². The number of aryl methyl sites for hydroxylation is 1. The third-order valence-electron chi connectivity index (χ3n) is 3.99. The van der Waals surface area contributed by atoms with Crippen LogP contribution in [0, 0.1) is 6.92 Å². The highest BCUT2D eigenvalue weighted by atomic mass is 16.5. The lowest BCUT2D eigenvalue weighted by Crippen LogP contribution is -2.31. The first kappa shape index (κ1) is 16.0. The molecule has 4 heteroatoms. The molecule has 0 N–H and O–H groups in total. The van der Waals surface area contributed by atoms with Gasteiger partial charge in [-0.3, -0.25) is 9.78 Å². The van der Waals surface area contributed by atoms with Crippen molar-refractivity contribution in [2.45, 2.75) is 6.92 Å². The van der Waals surface area contributed by atoms with Gasteiger partial charge in [-0.1, -0.05) is 36.4 Å². The fourth-order valence-electron chi connectivity index (χ4n) is 2.59. The summed E-state index contributed by atoms with van der Waals surface area (Å²) in [6.07, 6.45) is 1.71. The number of nitrogens with zero attached hydrogens (tertiary/aromatic N) is 2. The Morgan fingerprint density at radius 2 is 1.88 bits per heavy atom. The minimum absolute atomic E-state index is 0.0484. The van der Waals surface area contributed by atoms with Gasteiger partial charge in [-0.25, -0.2) is 0 Å². The van der Waals surface area contributed by atoms with Gasteiger partial charge >= 0.3 is 0 Å².